The number of rotatable bonds is 3. The third-order valence-electron chi connectivity index (χ3n) is 2.98. The summed E-state index contributed by atoms with van der Waals surface area (Å²) in [6, 6.07) is 6.66. The molecule has 0 radical (unpaired) electrons. The first-order valence-corrected chi connectivity index (χ1v) is 6.51. The highest BCUT2D eigenvalue weighted by Gasteiger charge is 2.13. The Labute approximate surface area is 130 Å². The summed E-state index contributed by atoms with van der Waals surface area (Å²) in [7, 11) is 1.20. The number of aromatic nitrogens is 1. The fourth-order valence-corrected chi connectivity index (χ4v) is 2.12. The maximum absolute atomic E-state index is 13.0. The molecular formula is C15H10ClFN2O3. The molecule has 0 aliphatic heterocycles. The van der Waals surface area contributed by atoms with E-state index in [4.69, 9.17) is 16.9 Å². The zero-order valence-corrected chi connectivity index (χ0v) is 12.2. The summed E-state index contributed by atoms with van der Waals surface area (Å²) in [4.78, 5) is 23.7. The van der Waals surface area contributed by atoms with E-state index in [1.54, 1.807) is 6.07 Å². The van der Waals surface area contributed by atoms with Crippen LogP contribution in [0.4, 0.5) is 4.39 Å². The van der Waals surface area contributed by atoms with Gasteiger partial charge in [-0.15, -0.1) is 0 Å². The Balaban J connectivity index is 2.52. The average Bonchev–Trinajstić information content (AvgIpc) is 2.50. The summed E-state index contributed by atoms with van der Waals surface area (Å²) in [6.45, 7) is -0.00252. The van der Waals surface area contributed by atoms with Crippen LogP contribution in [-0.2, 0) is 11.3 Å². The monoisotopic (exact) mass is 320 g/mol. The molecule has 0 spiro atoms. The van der Waals surface area contributed by atoms with Crippen LogP contribution in [-0.4, -0.2) is 17.6 Å². The summed E-state index contributed by atoms with van der Waals surface area (Å²) < 4.78 is 18.8. The second-order valence-electron chi connectivity index (χ2n) is 4.41. The zero-order chi connectivity index (χ0) is 16.3. The molecule has 0 aliphatic rings. The van der Waals surface area contributed by atoms with Crippen molar-refractivity contribution in [1.29, 1.82) is 5.26 Å². The van der Waals surface area contributed by atoms with Crippen LogP contribution in [0.25, 0.3) is 0 Å². The van der Waals surface area contributed by atoms with Crippen LogP contribution in [0.5, 0.6) is 0 Å². The summed E-state index contributed by atoms with van der Waals surface area (Å²) in [5, 5.41) is 9.13. The molecule has 0 bridgehead atoms. The van der Waals surface area contributed by atoms with Crippen LogP contribution in [0.1, 0.15) is 21.5 Å². The summed E-state index contributed by atoms with van der Waals surface area (Å²) >= 11 is 5.92. The van der Waals surface area contributed by atoms with Crippen molar-refractivity contribution in [3.8, 4) is 6.07 Å². The van der Waals surface area contributed by atoms with E-state index in [0.29, 0.717) is 5.56 Å². The molecule has 1 heterocycles. The Morgan fingerprint density at radius 3 is 2.77 bits per heavy atom. The van der Waals surface area contributed by atoms with E-state index < -0.39 is 17.3 Å². The van der Waals surface area contributed by atoms with Gasteiger partial charge in [0.25, 0.3) is 5.56 Å². The van der Waals surface area contributed by atoms with Crippen LogP contribution in [0.15, 0.2) is 35.3 Å². The molecule has 1 aromatic carbocycles. The predicted molar refractivity (Wildman–Crippen MR) is 77.3 cm³/mol. The minimum Gasteiger partial charge on any atom is -0.465 e. The molecule has 0 unspecified atom stereocenters. The molecule has 0 saturated carbocycles. The topological polar surface area (TPSA) is 72.1 Å². The fourth-order valence-electron chi connectivity index (χ4n) is 1.90. The number of carbonyl (C=O) groups is 1. The van der Waals surface area contributed by atoms with Gasteiger partial charge in [-0.05, 0) is 23.8 Å². The van der Waals surface area contributed by atoms with E-state index in [2.05, 4.69) is 4.74 Å². The number of carbonyl (C=O) groups excluding carboxylic acids is 1. The van der Waals surface area contributed by atoms with E-state index in [9.17, 15) is 14.0 Å². The Bertz CT molecular complexity index is 840. The number of hydrogen-bond donors (Lipinski definition) is 0. The lowest BCUT2D eigenvalue weighted by molar-refractivity contribution is 0.0599. The van der Waals surface area contributed by atoms with Crippen molar-refractivity contribution in [2.75, 3.05) is 7.11 Å². The maximum atomic E-state index is 13.0. The van der Waals surface area contributed by atoms with Crippen molar-refractivity contribution in [3.63, 3.8) is 0 Å². The van der Waals surface area contributed by atoms with Gasteiger partial charge in [0.2, 0.25) is 0 Å². The molecule has 0 amide bonds. The largest absolute Gasteiger partial charge is 0.465 e. The first-order chi connectivity index (χ1) is 10.5. The van der Waals surface area contributed by atoms with Gasteiger partial charge in [0.15, 0.2) is 0 Å². The van der Waals surface area contributed by atoms with Crippen LogP contribution >= 0.6 is 11.6 Å². The van der Waals surface area contributed by atoms with Crippen molar-refractivity contribution in [3.05, 3.63) is 68.3 Å². The number of nitrogens with zero attached hydrogens (tertiary/aromatic N) is 2. The molecule has 7 heteroatoms. The van der Waals surface area contributed by atoms with Crippen molar-refractivity contribution in [2.24, 2.45) is 0 Å². The van der Waals surface area contributed by atoms with Gasteiger partial charge in [-0.1, -0.05) is 17.7 Å². The van der Waals surface area contributed by atoms with Gasteiger partial charge in [0.05, 0.1) is 19.2 Å². The highest BCUT2D eigenvalue weighted by atomic mass is 35.5. The molecule has 1 aromatic heterocycles. The SMILES string of the molecule is COC(=O)c1cc(C#N)c(=O)n(Cc2ccc(F)cc2Cl)c1. The number of halogens is 2. The molecule has 0 saturated heterocycles. The number of esters is 1. The number of nitriles is 1. The number of pyridine rings is 1. The van der Waals surface area contributed by atoms with E-state index >= 15 is 0 Å². The molecule has 5 nitrogen and oxygen atoms in total. The molecule has 112 valence electrons. The van der Waals surface area contributed by atoms with Gasteiger partial charge in [-0.3, -0.25) is 4.79 Å². The van der Waals surface area contributed by atoms with Crippen LogP contribution in [0, 0.1) is 17.1 Å². The van der Waals surface area contributed by atoms with Gasteiger partial charge in [-0.25, -0.2) is 9.18 Å². The summed E-state index contributed by atoms with van der Waals surface area (Å²) in [6.07, 6.45) is 1.27. The van der Waals surface area contributed by atoms with Crippen molar-refractivity contribution in [1.82, 2.24) is 4.57 Å². The highest BCUT2D eigenvalue weighted by Crippen LogP contribution is 2.18. The molecule has 22 heavy (non-hydrogen) atoms. The van der Waals surface area contributed by atoms with E-state index in [-0.39, 0.29) is 22.7 Å². The molecule has 2 aromatic rings. The molecular weight excluding hydrogens is 311 g/mol. The maximum Gasteiger partial charge on any atom is 0.339 e. The van der Waals surface area contributed by atoms with Gasteiger partial charge in [0, 0.05) is 11.2 Å². The van der Waals surface area contributed by atoms with Gasteiger partial charge in [0.1, 0.15) is 17.4 Å². The normalized spacial score (nSPS) is 10.1. The Kier molecular flexibility index (Phi) is 4.59. The van der Waals surface area contributed by atoms with Crippen LogP contribution in [0.2, 0.25) is 5.02 Å². The summed E-state index contributed by atoms with van der Waals surface area (Å²) in [5.74, 6) is -1.17. The van der Waals surface area contributed by atoms with Gasteiger partial charge in [-0.2, -0.15) is 5.26 Å². The van der Waals surface area contributed by atoms with E-state index in [0.717, 1.165) is 16.7 Å². The Morgan fingerprint density at radius 1 is 1.45 bits per heavy atom. The minimum absolute atomic E-state index is 0.00252. The van der Waals surface area contributed by atoms with Crippen molar-refractivity contribution < 1.29 is 13.9 Å². The van der Waals surface area contributed by atoms with E-state index in [1.165, 1.54) is 25.4 Å². The second-order valence-corrected chi connectivity index (χ2v) is 4.82. The molecule has 0 N–H and O–H groups in total. The number of hydrogen-bond acceptors (Lipinski definition) is 4. The third-order valence-corrected chi connectivity index (χ3v) is 3.34. The second kappa shape index (κ2) is 6.41. The number of ether oxygens (including phenoxy) is 1. The fraction of sp³-hybridized carbons (Fsp3) is 0.133. The molecule has 0 aliphatic carbocycles. The zero-order valence-electron chi connectivity index (χ0n) is 11.5. The van der Waals surface area contributed by atoms with Crippen LogP contribution < -0.4 is 5.56 Å². The lowest BCUT2D eigenvalue weighted by Gasteiger charge is -2.10. The quantitative estimate of drug-likeness (QED) is 0.814. The van der Waals surface area contributed by atoms with Gasteiger partial charge >= 0.3 is 5.97 Å². The summed E-state index contributed by atoms with van der Waals surface area (Å²) in [5.41, 5.74) is -0.218. The third kappa shape index (κ3) is 3.15. The Morgan fingerprint density at radius 2 is 2.18 bits per heavy atom. The molecule has 0 atom stereocenters. The first kappa shape index (κ1) is 15.7. The van der Waals surface area contributed by atoms with Crippen molar-refractivity contribution in [2.45, 2.75) is 6.54 Å². The lowest BCUT2D eigenvalue weighted by Crippen LogP contribution is -2.24. The predicted octanol–water partition coefficient (Wildman–Crippen LogP) is 2.35. The Hall–Kier alpha value is -2.65. The van der Waals surface area contributed by atoms with E-state index in [1.807, 2.05) is 0 Å². The number of methoxy groups -OCH3 is 1. The smallest absolute Gasteiger partial charge is 0.339 e. The first-order valence-electron chi connectivity index (χ1n) is 6.13. The highest BCUT2D eigenvalue weighted by molar-refractivity contribution is 6.31. The van der Waals surface area contributed by atoms with Crippen molar-refractivity contribution >= 4 is 17.6 Å². The number of benzene rings is 1. The minimum atomic E-state index is -0.671. The van der Waals surface area contributed by atoms with Crippen LogP contribution in [0.3, 0.4) is 0 Å². The molecule has 2 rings (SSSR count). The molecule has 0 fully saturated rings. The average molecular weight is 321 g/mol. The van der Waals surface area contributed by atoms with Gasteiger partial charge < -0.3 is 9.30 Å². The standard InChI is InChI=1S/C15H10ClFN2O3/c1-22-15(21)11-4-10(6-18)14(20)19(8-11)7-9-2-3-12(17)5-13(9)16/h2-5,8H,7H2,1H3. The lowest BCUT2D eigenvalue weighted by atomic mass is 10.1.